The molecule has 0 aliphatic rings. The Balaban J connectivity index is 2.60. The Bertz CT molecular complexity index is 409. The molecule has 2 nitrogen and oxygen atoms in total. The van der Waals surface area contributed by atoms with Crippen molar-refractivity contribution in [3.05, 3.63) is 35.1 Å². The molecule has 1 aromatic rings. The summed E-state index contributed by atoms with van der Waals surface area (Å²) in [5, 5.41) is 0. The molecule has 0 N–H and O–H groups in total. The maximum Gasteiger partial charge on any atom is 0.253 e. The lowest BCUT2D eigenvalue weighted by Gasteiger charge is -2.18. The first-order valence-electron chi connectivity index (χ1n) is 6.14. The third kappa shape index (κ3) is 4.30. The molecule has 0 fully saturated rings. The minimum atomic E-state index is -0.375. The number of nitrogens with zero attached hydrogens (tertiary/aromatic N) is 1. The van der Waals surface area contributed by atoms with E-state index >= 15 is 0 Å². The van der Waals surface area contributed by atoms with Crippen LogP contribution in [0.3, 0.4) is 0 Å². The van der Waals surface area contributed by atoms with Crippen LogP contribution in [0, 0.1) is 12.7 Å². The Morgan fingerprint density at radius 1 is 1.33 bits per heavy atom. The van der Waals surface area contributed by atoms with Crippen molar-refractivity contribution >= 4 is 17.5 Å². The fraction of sp³-hybridized carbons (Fsp3) is 0.500. The number of hydrogen-bond donors (Lipinski definition) is 0. The van der Waals surface area contributed by atoms with Crippen molar-refractivity contribution in [3.63, 3.8) is 0 Å². The first-order chi connectivity index (χ1) is 8.56. The van der Waals surface area contributed by atoms with Crippen molar-refractivity contribution in [3.8, 4) is 0 Å². The van der Waals surface area contributed by atoms with Crippen LogP contribution in [-0.4, -0.2) is 30.3 Å². The van der Waals surface area contributed by atoms with Crippen molar-refractivity contribution in [2.45, 2.75) is 26.2 Å². The van der Waals surface area contributed by atoms with Crippen LogP contribution in [0.5, 0.6) is 0 Å². The highest BCUT2D eigenvalue weighted by atomic mass is 35.5. The predicted molar refractivity (Wildman–Crippen MR) is 72.7 cm³/mol. The van der Waals surface area contributed by atoms with Gasteiger partial charge in [0.2, 0.25) is 0 Å². The number of halogens is 2. The molecule has 0 aliphatic heterocycles. The lowest BCUT2D eigenvalue weighted by Crippen LogP contribution is -2.28. The molecular weight excluding hydrogens is 253 g/mol. The lowest BCUT2D eigenvalue weighted by atomic mass is 10.1. The van der Waals surface area contributed by atoms with Crippen molar-refractivity contribution in [2.75, 3.05) is 19.5 Å². The summed E-state index contributed by atoms with van der Waals surface area (Å²) in [5.41, 5.74) is 1.24. The van der Waals surface area contributed by atoms with Gasteiger partial charge in [0.15, 0.2) is 0 Å². The Labute approximate surface area is 113 Å². The van der Waals surface area contributed by atoms with E-state index in [9.17, 15) is 9.18 Å². The number of rotatable bonds is 6. The zero-order valence-electron chi connectivity index (χ0n) is 10.9. The van der Waals surface area contributed by atoms with E-state index in [1.807, 2.05) is 6.92 Å². The average molecular weight is 272 g/mol. The fourth-order valence-electron chi connectivity index (χ4n) is 1.75. The van der Waals surface area contributed by atoms with Crippen molar-refractivity contribution in [2.24, 2.45) is 0 Å². The van der Waals surface area contributed by atoms with Crippen LogP contribution in [-0.2, 0) is 0 Å². The number of alkyl halides is 1. The molecule has 1 rings (SSSR count). The summed E-state index contributed by atoms with van der Waals surface area (Å²) < 4.78 is 13.1. The highest BCUT2D eigenvalue weighted by Crippen LogP contribution is 2.13. The first-order valence-corrected chi connectivity index (χ1v) is 6.67. The minimum absolute atomic E-state index is 0.127. The van der Waals surface area contributed by atoms with E-state index in [2.05, 4.69) is 0 Å². The van der Waals surface area contributed by atoms with Gasteiger partial charge in [-0.2, -0.15) is 0 Å². The van der Waals surface area contributed by atoms with Crippen molar-refractivity contribution < 1.29 is 9.18 Å². The second-order valence-corrected chi connectivity index (χ2v) is 4.81. The Morgan fingerprint density at radius 2 is 2.06 bits per heavy atom. The van der Waals surface area contributed by atoms with E-state index in [1.165, 1.54) is 12.1 Å². The Morgan fingerprint density at radius 3 is 2.72 bits per heavy atom. The van der Waals surface area contributed by atoms with Gasteiger partial charge in [-0.25, -0.2) is 4.39 Å². The summed E-state index contributed by atoms with van der Waals surface area (Å²) in [6, 6.07) is 4.30. The van der Waals surface area contributed by atoms with Crippen LogP contribution < -0.4 is 0 Å². The van der Waals surface area contributed by atoms with Crippen LogP contribution in [0.2, 0.25) is 0 Å². The molecule has 0 heterocycles. The maximum absolute atomic E-state index is 13.1. The summed E-state index contributed by atoms with van der Waals surface area (Å²) in [6.07, 6.45) is 2.88. The third-order valence-electron chi connectivity index (χ3n) is 2.90. The Kier molecular flexibility index (Phi) is 6.13. The van der Waals surface area contributed by atoms with Crippen molar-refractivity contribution in [1.82, 2.24) is 4.90 Å². The highest BCUT2D eigenvalue weighted by Gasteiger charge is 2.14. The van der Waals surface area contributed by atoms with E-state index in [4.69, 9.17) is 11.6 Å². The molecule has 0 radical (unpaired) electrons. The van der Waals surface area contributed by atoms with Gasteiger partial charge >= 0.3 is 0 Å². The normalized spacial score (nSPS) is 10.4. The molecule has 1 amide bonds. The number of amides is 1. The van der Waals surface area contributed by atoms with Gasteiger partial charge in [0, 0.05) is 25.0 Å². The molecule has 0 aliphatic carbocycles. The SMILES string of the molecule is Cc1ccc(F)cc1C(=O)N(C)CCCCCCl. The molecule has 0 spiro atoms. The van der Waals surface area contributed by atoms with Crippen LogP contribution >= 0.6 is 11.6 Å². The second-order valence-electron chi connectivity index (χ2n) is 4.44. The average Bonchev–Trinajstić information content (AvgIpc) is 2.36. The van der Waals surface area contributed by atoms with Gasteiger partial charge in [0.25, 0.3) is 5.91 Å². The molecule has 0 atom stereocenters. The van der Waals surface area contributed by atoms with E-state index in [-0.39, 0.29) is 11.7 Å². The molecule has 18 heavy (non-hydrogen) atoms. The van der Waals surface area contributed by atoms with Gasteiger partial charge in [-0.15, -0.1) is 11.6 Å². The quantitative estimate of drug-likeness (QED) is 0.572. The van der Waals surface area contributed by atoms with Crippen LogP contribution in [0.1, 0.15) is 35.2 Å². The lowest BCUT2D eigenvalue weighted by molar-refractivity contribution is 0.0791. The largest absolute Gasteiger partial charge is 0.342 e. The Hall–Kier alpha value is -1.09. The van der Waals surface area contributed by atoms with Gasteiger partial charge in [-0.1, -0.05) is 12.5 Å². The van der Waals surface area contributed by atoms with Gasteiger partial charge < -0.3 is 4.90 Å². The van der Waals surface area contributed by atoms with Crippen molar-refractivity contribution in [1.29, 1.82) is 0 Å². The molecular formula is C14H19ClFNO. The molecule has 1 aromatic carbocycles. The molecule has 0 saturated heterocycles. The summed E-state index contributed by atoms with van der Waals surface area (Å²) in [4.78, 5) is 13.7. The zero-order chi connectivity index (χ0) is 13.5. The number of carbonyl (C=O) groups excluding carboxylic acids is 1. The number of aryl methyl sites for hydroxylation is 1. The number of hydrogen-bond acceptors (Lipinski definition) is 1. The first kappa shape index (κ1) is 15.0. The van der Waals surface area contributed by atoms with E-state index in [1.54, 1.807) is 18.0 Å². The van der Waals surface area contributed by atoms with Gasteiger partial charge in [0.05, 0.1) is 0 Å². The summed E-state index contributed by atoms with van der Waals surface area (Å²) in [5.74, 6) is 0.151. The molecule has 0 bridgehead atoms. The van der Waals surface area contributed by atoms with Crippen LogP contribution in [0.15, 0.2) is 18.2 Å². The number of benzene rings is 1. The summed E-state index contributed by atoms with van der Waals surface area (Å²) in [6.45, 7) is 2.49. The zero-order valence-corrected chi connectivity index (χ0v) is 11.6. The molecule has 0 saturated carbocycles. The molecule has 0 unspecified atom stereocenters. The van der Waals surface area contributed by atoms with Crippen LogP contribution in [0.4, 0.5) is 4.39 Å². The summed E-state index contributed by atoms with van der Waals surface area (Å²) >= 11 is 5.59. The van der Waals surface area contributed by atoms with Gasteiger partial charge in [0.1, 0.15) is 5.82 Å². The number of unbranched alkanes of at least 4 members (excludes halogenated alkanes) is 2. The molecule has 100 valence electrons. The van der Waals surface area contributed by atoms with E-state index in [0.717, 1.165) is 24.8 Å². The minimum Gasteiger partial charge on any atom is -0.342 e. The second kappa shape index (κ2) is 7.37. The summed E-state index contributed by atoms with van der Waals surface area (Å²) in [7, 11) is 1.74. The topological polar surface area (TPSA) is 20.3 Å². The van der Waals surface area contributed by atoms with Gasteiger partial charge in [-0.05, 0) is 37.5 Å². The number of carbonyl (C=O) groups is 1. The van der Waals surface area contributed by atoms with Crippen LogP contribution in [0.25, 0.3) is 0 Å². The van der Waals surface area contributed by atoms with E-state index in [0.29, 0.717) is 18.0 Å². The van der Waals surface area contributed by atoms with E-state index < -0.39 is 0 Å². The fourth-order valence-corrected chi connectivity index (χ4v) is 1.94. The van der Waals surface area contributed by atoms with Gasteiger partial charge in [-0.3, -0.25) is 4.79 Å². The monoisotopic (exact) mass is 271 g/mol. The predicted octanol–water partition coefficient (Wildman–Crippen LogP) is 3.62. The molecule has 0 aromatic heterocycles. The standard InChI is InChI=1S/C14H19ClFNO/c1-11-6-7-12(16)10-13(11)14(18)17(2)9-5-3-4-8-15/h6-7,10H,3-5,8-9H2,1-2H3. The molecule has 4 heteroatoms. The smallest absolute Gasteiger partial charge is 0.253 e. The third-order valence-corrected chi connectivity index (χ3v) is 3.17. The maximum atomic E-state index is 13.1. The highest BCUT2D eigenvalue weighted by molar-refractivity contribution is 6.17.